The Morgan fingerprint density at radius 1 is 0.968 bits per heavy atom. The number of likely N-dealkylation sites (N-methyl/N-ethyl adjacent to an activating group) is 1. The standard InChI is InChI=1S/C16H27NO4Si.2C3H8O.Ti/c1-7-17(8-2)15(18)14(13-22(4,5)6)11-10-12-21-16(19)20-9-3;2*1-3(2)4;/h11H,7-9,12H2,1-6H3;2*3-4H,1-2H3;/q-2;;;+2. The van der Waals surface area contributed by atoms with Gasteiger partial charge >= 0.3 is 27.9 Å². The average molecular weight is 494 g/mol. The number of nitrogens with zero attached hydrogens (tertiary/aromatic N) is 1. The van der Waals surface area contributed by atoms with Crippen molar-refractivity contribution in [3.8, 4) is 0 Å². The fraction of sp³-hybridized carbons (Fsp3) is 0.727. The fourth-order valence-corrected chi connectivity index (χ4v) is 2.63. The van der Waals surface area contributed by atoms with Gasteiger partial charge in [-0.2, -0.15) is 0 Å². The molecule has 0 spiro atoms. The maximum absolute atomic E-state index is 12.5. The Labute approximate surface area is 205 Å². The third-order valence-electron chi connectivity index (χ3n) is 2.57. The van der Waals surface area contributed by atoms with Gasteiger partial charge < -0.3 is 47.2 Å². The Hall–Kier alpha value is -0.929. The molecule has 0 unspecified atom stereocenters. The number of carbonyl (C=O) groups excluding carboxylic acids is 2. The maximum Gasteiger partial charge on any atom is 2.00 e. The second kappa shape index (κ2) is 22.3. The number of aliphatic hydroxyl groups is 2. The van der Waals surface area contributed by atoms with Crippen molar-refractivity contribution >= 4 is 20.1 Å². The summed E-state index contributed by atoms with van der Waals surface area (Å²) in [7, 11) is -1.69. The zero-order chi connectivity index (χ0) is 24.3. The van der Waals surface area contributed by atoms with Gasteiger partial charge in [0.25, 0.3) is 0 Å². The summed E-state index contributed by atoms with van der Waals surface area (Å²) in [6.45, 7) is 20.3. The molecule has 0 heterocycles. The normalized spacial score (nSPS) is 11.1. The molecule has 1 amide bonds. The molecular formula is C22H43NO6SiTi. The zero-order valence-corrected chi connectivity index (χ0v) is 23.6. The van der Waals surface area contributed by atoms with Gasteiger partial charge in [-0.25, -0.2) is 4.79 Å². The van der Waals surface area contributed by atoms with Gasteiger partial charge in [0.15, 0.2) is 0 Å². The number of ether oxygens (including phenoxy) is 2. The van der Waals surface area contributed by atoms with Crippen LogP contribution in [0.25, 0.3) is 0 Å². The molecule has 0 aromatic carbocycles. The van der Waals surface area contributed by atoms with Crippen LogP contribution in [0, 0.1) is 11.8 Å². The quantitative estimate of drug-likeness (QED) is 0.176. The molecule has 2 N–H and O–H groups in total. The maximum atomic E-state index is 12.5. The second-order valence-electron chi connectivity index (χ2n) is 7.77. The van der Waals surface area contributed by atoms with E-state index >= 15 is 0 Å². The van der Waals surface area contributed by atoms with Gasteiger partial charge in [-0.1, -0.05) is 19.6 Å². The van der Waals surface area contributed by atoms with E-state index < -0.39 is 14.2 Å². The summed E-state index contributed by atoms with van der Waals surface area (Å²) < 4.78 is 9.44. The van der Waals surface area contributed by atoms with Crippen LogP contribution in [-0.4, -0.2) is 73.8 Å². The predicted molar refractivity (Wildman–Crippen MR) is 124 cm³/mol. The van der Waals surface area contributed by atoms with Crippen molar-refractivity contribution in [2.75, 3.05) is 26.3 Å². The molecule has 0 saturated carbocycles. The number of amides is 1. The average Bonchev–Trinajstić information content (AvgIpc) is 2.56. The molecule has 31 heavy (non-hydrogen) atoms. The molecule has 0 fully saturated rings. The summed E-state index contributed by atoms with van der Waals surface area (Å²) in [6.07, 6.45) is 3.29. The van der Waals surface area contributed by atoms with Crippen molar-refractivity contribution in [3.63, 3.8) is 0 Å². The molecule has 0 atom stereocenters. The third kappa shape index (κ3) is 31.3. The van der Waals surface area contributed by atoms with Crippen LogP contribution in [0.1, 0.15) is 48.5 Å². The molecular weight excluding hydrogens is 450 g/mol. The van der Waals surface area contributed by atoms with Crippen molar-refractivity contribution in [2.45, 2.75) is 80.3 Å². The van der Waals surface area contributed by atoms with Crippen molar-refractivity contribution < 1.29 is 51.0 Å². The Morgan fingerprint density at radius 2 is 1.39 bits per heavy atom. The van der Waals surface area contributed by atoms with Gasteiger partial charge in [0.1, 0.15) is 0 Å². The van der Waals surface area contributed by atoms with Crippen LogP contribution in [0.3, 0.4) is 0 Å². The molecule has 0 rings (SSSR count). The zero-order valence-electron chi connectivity index (χ0n) is 21.0. The summed E-state index contributed by atoms with van der Waals surface area (Å²) in [6, 6.07) is 0. The summed E-state index contributed by atoms with van der Waals surface area (Å²) in [4.78, 5) is 25.2. The van der Waals surface area contributed by atoms with E-state index in [2.05, 4.69) is 36.2 Å². The van der Waals surface area contributed by atoms with Crippen molar-refractivity contribution in [2.24, 2.45) is 0 Å². The molecule has 0 aliphatic rings. The van der Waals surface area contributed by atoms with Gasteiger partial charge in [-0.15, -0.1) is 0 Å². The Kier molecular flexibility index (Phi) is 26.9. The Balaban J connectivity index is -0.000000345. The third-order valence-corrected chi connectivity index (χ3v) is 3.59. The molecule has 180 valence electrons. The SMILES string of the molecule is CC(C)O.CC(C)O.CCOC(=O)OC[C-]=CC(=[C-][Si](C)(C)C)C(=O)N(CC)CC.[Ti+2]. The van der Waals surface area contributed by atoms with Gasteiger partial charge in [0.2, 0.25) is 0 Å². The van der Waals surface area contributed by atoms with Crippen LogP contribution in [0.4, 0.5) is 4.79 Å². The summed E-state index contributed by atoms with van der Waals surface area (Å²) in [5.41, 5.74) is 3.77. The Morgan fingerprint density at radius 3 is 1.71 bits per heavy atom. The fourth-order valence-electron chi connectivity index (χ4n) is 1.64. The first kappa shape index (κ1) is 37.4. The number of hydrogen-bond donors (Lipinski definition) is 2. The number of aliphatic hydroxyl groups excluding tert-OH is 2. The minimum absolute atomic E-state index is 0. The van der Waals surface area contributed by atoms with E-state index in [-0.39, 0.29) is 53.0 Å². The van der Waals surface area contributed by atoms with E-state index in [4.69, 9.17) is 14.9 Å². The molecule has 0 aliphatic carbocycles. The van der Waals surface area contributed by atoms with E-state index in [1.165, 1.54) is 0 Å². The van der Waals surface area contributed by atoms with Gasteiger partial charge in [0.05, 0.1) is 12.5 Å². The monoisotopic (exact) mass is 493 g/mol. The number of hydrogen-bond acceptors (Lipinski definition) is 6. The van der Waals surface area contributed by atoms with Crippen LogP contribution >= 0.6 is 0 Å². The summed E-state index contributed by atoms with van der Waals surface area (Å²) in [5, 5.41) is 16.1. The number of rotatable bonds is 8. The van der Waals surface area contributed by atoms with Crippen LogP contribution in [0.5, 0.6) is 0 Å². The predicted octanol–water partition coefficient (Wildman–Crippen LogP) is 3.77. The van der Waals surface area contributed by atoms with E-state index in [1.807, 2.05) is 13.8 Å². The molecule has 9 heteroatoms. The van der Waals surface area contributed by atoms with Crippen LogP contribution in [-0.2, 0) is 36.0 Å². The largest absolute Gasteiger partial charge is 2.00 e. The second-order valence-corrected chi connectivity index (χ2v) is 12.5. The van der Waals surface area contributed by atoms with Gasteiger partial charge in [-0.05, 0) is 56.5 Å². The molecule has 0 bridgehead atoms. The molecule has 0 saturated heterocycles. The number of carbonyl (C=O) groups is 2. The minimum atomic E-state index is -1.69. The molecule has 0 aliphatic heterocycles. The smallest absolute Gasteiger partial charge is 0.451 e. The first-order valence-electron chi connectivity index (χ1n) is 10.4. The van der Waals surface area contributed by atoms with Gasteiger partial charge in [-0.3, -0.25) is 5.57 Å². The van der Waals surface area contributed by atoms with Crippen LogP contribution in [0.15, 0.2) is 11.6 Å². The Bertz CT molecular complexity index is 501. The van der Waals surface area contributed by atoms with Crippen molar-refractivity contribution in [1.29, 1.82) is 0 Å². The summed E-state index contributed by atoms with van der Waals surface area (Å²) >= 11 is 0. The first-order chi connectivity index (χ1) is 13.7. The van der Waals surface area contributed by atoms with E-state index in [1.54, 1.807) is 45.6 Å². The minimum Gasteiger partial charge on any atom is -0.451 e. The van der Waals surface area contributed by atoms with Crippen molar-refractivity contribution in [1.82, 2.24) is 4.90 Å². The van der Waals surface area contributed by atoms with Crippen molar-refractivity contribution in [3.05, 3.63) is 23.4 Å². The molecule has 0 aromatic rings. The summed E-state index contributed by atoms with van der Waals surface area (Å²) in [5.74, 6) is -0.0731. The van der Waals surface area contributed by atoms with E-state index in [0.29, 0.717) is 18.7 Å². The van der Waals surface area contributed by atoms with Crippen LogP contribution in [0.2, 0.25) is 19.6 Å². The molecule has 0 radical (unpaired) electrons. The van der Waals surface area contributed by atoms with E-state index in [9.17, 15) is 9.59 Å². The first-order valence-corrected chi connectivity index (χ1v) is 13.9. The van der Waals surface area contributed by atoms with Gasteiger partial charge in [0, 0.05) is 31.9 Å². The van der Waals surface area contributed by atoms with Crippen LogP contribution < -0.4 is 0 Å². The molecule has 0 aromatic heterocycles. The molecule has 7 nitrogen and oxygen atoms in total. The topological polar surface area (TPSA) is 96.3 Å². The van der Waals surface area contributed by atoms with E-state index in [0.717, 1.165) is 0 Å².